The first-order chi connectivity index (χ1) is 13.0. The monoisotopic (exact) mass is 432 g/mol. The maximum Gasteiger partial charge on any atom is 0.254 e. The van der Waals surface area contributed by atoms with Crippen LogP contribution >= 0.6 is 15.9 Å². The molecule has 1 aromatic carbocycles. The molecule has 2 fully saturated rings. The molecule has 27 heavy (non-hydrogen) atoms. The van der Waals surface area contributed by atoms with Crippen LogP contribution in [0.15, 0.2) is 33.9 Å². The molecule has 4 atom stereocenters. The second kappa shape index (κ2) is 7.11. The largest absolute Gasteiger partial charge is 0.490 e. The Morgan fingerprint density at radius 1 is 1.11 bits per heavy atom. The highest BCUT2D eigenvalue weighted by molar-refractivity contribution is 9.10. The van der Waals surface area contributed by atoms with Crippen LogP contribution in [0.3, 0.4) is 0 Å². The van der Waals surface area contributed by atoms with Crippen LogP contribution in [0.4, 0.5) is 0 Å². The molecule has 1 aromatic rings. The van der Waals surface area contributed by atoms with Gasteiger partial charge in [0.1, 0.15) is 0 Å². The summed E-state index contributed by atoms with van der Waals surface area (Å²) in [5.41, 5.74) is 0.715. The second-order valence-electron chi connectivity index (χ2n) is 6.93. The molecule has 4 rings (SSSR count). The van der Waals surface area contributed by atoms with E-state index in [0.29, 0.717) is 30.3 Å². The third-order valence-electron chi connectivity index (χ3n) is 5.39. The molecule has 1 saturated heterocycles. The first-order valence-electron chi connectivity index (χ1n) is 9.24. The lowest BCUT2D eigenvalue weighted by atomic mass is 9.85. The number of rotatable bonds is 6. The van der Waals surface area contributed by atoms with Crippen LogP contribution in [0.25, 0.3) is 0 Å². The summed E-state index contributed by atoms with van der Waals surface area (Å²) in [6.07, 6.45) is 6.58. The fourth-order valence-corrected chi connectivity index (χ4v) is 4.91. The van der Waals surface area contributed by atoms with Gasteiger partial charge in [-0.05, 0) is 65.7 Å². The normalized spacial score (nSPS) is 28.5. The van der Waals surface area contributed by atoms with Gasteiger partial charge in [-0.25, -0.2) is 0 Å². The SMILES string of the molecule is CCOc1cc(C=NN2C(=O)C3C4C=CC(C4)C3C2=O)cc(Br)c1OCC. The number of carbonyl (C=O) groups is 2. The van der Waals surface area contributed by atoms with Gasteiger partial charge in [0.15, 0.2) is 11.5 Å². The molecule has 142 valence electrons. The number of benzene rings is 1. The van der Waals surface area contributed by atoms with Gasteiger partial charge in [-0.15, -0.1) is 0 Å². The van der Waals surface area contributed by atoms with Crippen LogP contribution in [-0.2, 0) is 9.59 Å². The number of hydrogen-bond acceptors (Lipinski definition) is 5. The number of halogens is 1. The van der Waals surface area contributed by atoms with Crippen molar-refractivity contribution < 1.29 is 19.1 Å². The van der Waals surface area contributed by atoms with Gasteiger partial charge in [0.2, 0.25) is 0 Å². The van der Waals surface area contributed by atoms with Crippen molar-refractivity contribution in [2.75, 3.05) is 13.2 Å². The van der Waals surface area contributed by atoms with E-state index in [0.717, 1.165) is 15.9 Å². The number of ether oxygens (including phenoxy) is 2. The van der Waals surface area contributed by atoms with E-state index in [1.54, 1.807) is 6.07 Å². The molecule has 3 aliphatic rings. The predicted molar refractivity (Wildman–Crippen MR) is 104 cm³/mol. The van der Waals surface area contributed by atoms with Gasteiger partial charge in [0, 0.05) is 0 Å². The van der Waals surface area contributed by atoms with Gasteiger partial charge >= 0.3 is 0 Å². The number of hydrazone groups is 1. The predicted octanol–water partition coefficient (Wildman–Crippen LogP) is 3.39. The Morgan fingerprint density at radius 2 is 1.74 bits per heavy atom. The number of fused-ring (bicyclic) bond motifs is 5. The maximum absolute atomic E-state index is 12.7. The van der Waals surface area contributed by atoms with Crippen LogP contribution in [0, 0.1) is 23.7 Å². The topological polar surface area (TPSA) is 68.2 Å². The summed E-state index contributed by atoms with van der Waals surface area (Å²) in [6, 6.07) is 3.62. The van der Waals surface area contributed by atoms with Gasteiger partial charge in [-0.3, -0.25) is 9.59 Å². The van der Waals surface area contributed by atoms with Gasteiger partial charge in [0.05, 0.1) is 35.7 Å². The summed E-state index contributed by atoms with van der Waals surface area (Å²) in [4.78, 5) is 25.4. The number of hydrogen-bond donors (Lipinski definition) is 0. The average Bonchev–Trinajstić information content (AvgIpc) is 3.31. The maximum atomic E-state index is 12.7. The van der Waals surface area contributed by atoms with Gasteiger partial charge < -0.3 is 9.47 Å². The summed E-state index contributed by atoms with van der Waals surface area (Å²) >= 11 is 3.49. The van der Waals surface area contributed by atoms with Crippen LogP contribution in [0.2, 0.25) is 0 Å². The molecule has 7 heteroatoms. The molecule has 6 nitrogen and oxygen atoms in total. The molecule has 0 N–H and O–H groups in total. The molecule has 0 radical (unpaired) electrons. The zero-order valence-corrected chi connectivity index (χ0v) is 16.8. The third-order valence-corrected chi connectivity index (χ3v) is 5.98. The molecule has 2 amide bonds. The summed E-state index contributed by atoms with van der Waals surface area (Å²) in [5.74, 6) is 0.727. The molecule has 0 spiro atoms. The third kappa shape index (κ3) is 2.98. The van der Waals surface area contributed by atoms with Gasteiger partial charge in [-0.1, -0.05) is 12.2 Å². The number of nitrogens with zero attached hydrogens (tertiary/aromatic N) is 2. The lowest BCUT2D eigenvalue weighted by Gasteiger charge is -2.14. The summed E-state index contributed by atoms with van der Waals surface area (Å²) < 4.78 is 12.0. The fourth-order valence-electron chi connectivity index (χ4n) is 4.33. The van der Waals surface area contributed by atoms with Crippen molar-refractivity contribution in [1.29, 1.82) is 0 Å². The van der Waals surface area contributed by atoms with Crippen molar-refractivity contribution in [3.63, 3.8) is 0 Å². The van der Waals surface area contributed by atoms with E-state index in [9.17, 15) is 9.59 Å². The highest BCUT2D eigenvalue weighted by atomic mass is 79.9. The molecule has 1 saturated carbocycles. The van der Waals surface area contributed by atoms with E-state index >= 15 is 0 Å². The van der Waals surface area contributed by atoms with E-state index in [-0.39, 0.29) is 35.5 Å². The quantitative estimate of drug-likeness (QED) is 0.392. The lowest BCUT2D eigenvalue weighted by molar-refractivity contribution is -0.140. The molecular weight excluding hydrogens is 412 g/mol. The van der Waals surface area contributed by atoms with Crippen molar-refractivity contribution in [1.82, 2.24) is 5.01 Å². The van der Waals surface area contributed by atoms with Crippen LogP contribution < -0.4 is 9.47 Å². The summed E-state index contributed by atoms with van der Waals surface area (Å²) in [7, 11) is 0. The number of carbonyl (C=O) groups excluding carboxylic acids is 2. The molecule has 2 bridgehead atoms. The zero-order valence-electron chi connectivity index (χ0n) is 15.2. The van der Waals surface area contributed by atoms with E-state index in [1.165, 1.54) is 6.21 Å². The molecule has 2 aliphatic carbocycles. The summed E-state index contributed by atoms with van der Waals surface area (Å²) in [5, 5.41) is 5.26. The Labute approximate surface area is 166 Å². The van der Waals surface area contributed by atoms with Crippen molar-refractivity contribution in [3.05, 3.63) is 34.3 Å². The molecule has 1 heterocycles. The molecule has 0 aromatic heterocycles. The van der Waals surface area contributed by atoms with E-state index in [2.05, 4.69) is 33.2 Å². The Bertz CT molecular complexity index is 821. The van der Waals surface area contributed by atoms with Gasteiger partial charge in [-0.2, -0.15) is 10.1 Å². The molecule has 4 unspecified atom stereocenters. The Morgan fingerprint density at radius 3 is 2.33 bits per heavy atom. The summed E-state index contributed by atoms with van der Waals surface area (Å²) in [6.45, 7) is 4.81. The first kappa shape index (κ1) is 18.2. The van der Waals surface area contributed by atoms with Crippen LogP contribution in [0.5, 0.6) is 11.5 Å². The lowest BCUT2D eigenvalue weighted by Crippen LogP contribution is -2.28. The zero-order chi connectivity index (χ0) is 19.1. The number of imide groups is 1. The highest BCUT2D eigenvalue weighted by Gasteiger charge is 2.59. The first-order valence-corrected chi connectivity index (χ1v) is 10.0. The van der Waals surface area contributed by atoms with Crippen molar-refractivity contribution in [2.24, 2.45) is 28.8 Å². The minimum absolute atomic E-state index is 0.181. The second-order valence-corrected chi connectivity index (χ2v) is 7.78. The minimum Gasteiger partial charge on any atom is -0.490 e. The minimum atomic E-state index is -0.240. The van der Waals surface area contributed by atoms with Crippen molar-refractivity contribution in [3.8, 4) is 11.5 Å². The van der Waals surface area contributed by atoms with Crippen LogP contribution in [-0.4, -0.2) is 36.3 Å². The van der Waals surface area contributed by atoms with Crippen molar-refractivity contribution >= 4 is 34.0 Å². The molecule has 1 aliphatic heterocycles. The van der Waals surface area contributed by atoms with Crippen molar-refractivity contribution in [2.45, 2.75) is 20.3 Å². The highest BCUT2D eigenvalue weighted by Crippen LogP contribution is 2.52. The molecular formula is C20H21BrN2O4. The van der Waals surface area contributed by atoms with Gasteiger partial charge in [0.25, 0.3) is 11.8 Å². The fraction of sp³-hybridized carbons (Fsp3) is 0.450. The van der Waals surface area contributed by atoms with E-state index in [1.807, 2.05) is 19.9 Å². The van der Waals surface area contributed by atoms with Crippen LogP contribution in [0.1, 0.15) is 25.8 Å². The average molecular weight is 433 g/mol. The standard InChI is InChI=1S/C20H21BrN2O4/c1-3-26-15-8-11(7-14(21)18(15)27-4-2)10-22-23-19(24)16-12-5-6-13(9-12)17(16)20(23)25/h5-8,10,12-13,16-17H,3-4,9H2,1-2H3. The van der Waals surface area contributed by atoms with E-state index < -0.39 is 0 Å². The number of amides is 2. The van der Waals surface area contributed by atoms with E-state index in [4.69, 9.17) is 9.47 Å². The smallest absolute Gasteiger partial charge is 0.254 e. The Hall–Kier alpha value is -2.15. The Balaban J connectivity index is 1.58. The Kier molecular flexibility index (Phi) is 4.80. The number of allylic oxidation sites excluding steroid dienone is 2.